The number of pyridine rings is 2. The van der Waals surface area contributed by atoms with E-state index in [9.17, 15) is 29.4 Å². The minimum absolute atomic E-state index is 0.0344. The molecule has 4 aliphatic rings. The molecule has 0 saturated carbocycles. The van der Waals surface area contributed by atoms with Gasteiger partial charge in [-0.15, -0.1) is 0 Å². The molecule has 0 aliphatic carbocycles. The van der Waals surface area contributed by atoms with Crippen molar-refractivity contribution < 1.29 is 28.6 Å². The number of aliphatic hydroxyl groups is 2. The molecule has 60 heavy (non-hydrogen) atoms. The van der Waals surface area contributed by atoms with Gasteiger partial charge >= 0.3 is 0 Å². The predicted octanol–water partition coefficient (Wildman–Crippen LogP) is 3.12. The number of fused-ring (bicyclic) bond motifs is 6. The number of allylic oxidation sites excluding steroid dienone is 2. The number of rotatable bonds is 14. The number of aromatic nitrogens is 4. The maximum absolute atomic E-state index is 13.1. The third kappa shape index (κ3) is 7.96. The second-order valence-corrected chi connectivity index (χ2v) is 15.9. The minimum Gasteiger partial charge on any atom is -0.451 e. The van der Waals surface area contributed by atoms with Crippen LogP contribution in [0, 0.1) is 23.7 Å². The molecule has 320 valence electrons. The molecule has 16 nitrogen and oxygen atoms in total. The van der Waals surface area contributed by atoms with Crippen LogP contribution in [-0.2, 0) is 35.8 Å². The molecular formula is C44H56N8O8. The van der Waals surface area contributed by atoms with Crippen LogP contribution in [0.4, 0.5) is 0 Å². The van der Waals surface area contributed by atoms with Crippen LogP contribution in [0.25, 0.3) is 12.2 Å². The summed E-state index contributed by atoms with van der Waals surface area (Å²) in [5, 5.41) is 26.5. The Bertz CT molecular complexity index is 2120. The zero-order valence-corrected chi connectivity index (χ0v) is 34.6. The van der Waals surface area contributed by atoms with Crippen molar-refractivity contribution in [1.82, 2.24) is 39.5 Å². The maximum Gasteiger partial charge on any atom is 0.258 e. The van der Waals surface area contributed by atoms with Crippen molar-refractivity contribution in [1.29, 1.82) is 0 Å². The first kappa shape index (κ1) is 42.7. The highest BCUT2D eigenvalue weighted by atomic mass is 16.3. The Morgan fingerprint density at radius 1 is 0.717 bits per heavy atom. The Morgan fingerprint density at radius 3 is 1.47 bits per heavy atom. The van der Waals surface area contributed by atoms with Crippen molar-refractivity contribution in [2.75, 3.05) is 26.3 Å². The molecule has 0 bridgehead atoms. The Kier molecular flexibility index (Phi) is 13.4. The van der Waals surface area contributed by atoms with Crippen LogP contribution in [0.1, 0.15) is 86.5 Å². The standard InChI is InChI=1S/2C22H28N4O4/c2*1-3-5-14-6-7-18-19-16(10-25(18)22(14)29)17(11-27)20(21(28)23-8-4-2)26(19)9-15-12-30-13-24-15/h2*3,5-7,12-13,16-17,19-20,27H,4,8-11H2,1-2H3,(H,23,28)/b5-3+;5-3-/t2*16-,17-,19+,20-/m00/s1. The molecule has 2 amide bonds. The molecule has 4 aromatic heterocycles. The van der Waals surface area contributed by atoms with E-state index < -0.39 is 12.1 Å². The molecular weight excluding hydrogens is 769 g/mol. The summed E-state index contributed by atoms with van der Waals surface area (Å²) in [5.74, 6) is -0.798. The average molecular weight is 825 g/mol. The van der Waals surface area contributed by atoms with Crippen molar-refractivity contribution in [3.05, 3.63) is 116 Å². The van der Waals surface area contributed by atoms with E-state index in [2.05, 4.69) is 30.4 Å². The first-order valence-electron chi connectivity index (χ1n) is 21.0. The Hall–Kier alpha value is -5.42. The Balaban J connectivity index is 0.000000181. The highest BCUT2D eigenvalue weighted by Crippen LogP contribution is 2.51. The van der Waals surface area contributed by atoms with Crippen LogP contribution in [0.3, 0.4) is 0 Å². The molecule has 0 radical (unpaired) electrons. The fraction of sp³-hybridized carbons (Fsp3) is 0.500. The highest BCUT2D eigenvalue weighted by Gasteiger charge is 2.57. The molecule has 4 aliphatic heterocycles. The van der Waals surface area contributed by atoms with Gasteiger partial charge in [0.2, 0.25) is 11.8 Å². The molecule has 0 spiro atoms. The van der Waals surface area contributed by atoms with Gasteiger partial charge in [0, 0.05) is 98.7 Å². The molecule has 4 aromatic rings. The predicted molar refractivity (Wildman–Crippen MR) is 223 cm³/mol. The third-order valence-electron chi connectivity index (χ3n) is 12.4. The lowest BCUT2D eigenvalue weighted by Gasteiger charge is -2.30. The SMILES string of the molecule is C/C=C/c1ccc2n(c1=O)C[C@H]1[C@H](CO)[C@@H](C(=O)NCCC)N(Cc3cocn3)[C@@H]21.C/C=C\c1ccc2n(c1=O)C[C@H]1[C@H](CO)[C@@H](C(=O)NCCC)N(Cc3cocn3)[C@@H]21. The van der Waals surface area contributed by atoms with Gasteiger partial charge in [-0.05, 0) is 51.0 Å². The Labute approximate surface area is 348 Å². The molecule has 8 rings (SSSR count). The highest BCUT2D eigenvalue weighted by molar-refractivity contribution is 5.83. The summed E-state index contributed by atoms with van der Waals surface area (Å²) in [4.78, 5) is 64.7. The van der Waals surface area contributed by atoms with E-state index in [1.165, 1.54) is 12.8 Å². The second-order valence-electron chi connectivity index (χ2n) is 15.9. The van der Waals surface area contributed by atoms with Gasteiger partial charge in [0.25, 0.3) is 11.1 Å². The van der Waals surface area contributed by atoms with E-state index in [4.69, 9.17) is 8.83 Å². The fourth-order valence-electron chi connectivity index (χ4n) is 9.93. The number of amides is 2. The van der Waals surface area contributed by atoms with Gasteiger partial charge in [0.05, 0.1) is 35.6 Å². The number of hydrogen-bond acceptors (Lipinski definition) is 12. The summed E-state index contributed by atoms with van der Waals surface area (Å²) < 4.78 is 13.9. The zero-order valence-electron chi connectivity index (χ0n) is 34.6. The number of nitrogens with zero attached hydrogens (tertiary/aromatic N) is 6. The number of nitrogens with one attached hydrogen (secondary N) is 2. The third-order valence-corrected chi connectivity index (χ3v) is 12.4. The van der Waals surface area contributed by atoms with Crippen LogP contribution in [0.5, 0.6) is 0 Å². The van der Waals surface area contributed by atoms with E-state index in [0.717, 1.165) is 24.2 Å². The first-order valence-corrected chi connectivity index (χ1v) is 21.0. The Morgan fingerprint density at radius 2 is 1.13 bits per heavy atom. The average Bonchev–Trinajstić information content (AvgIpc) is 4.11. The van der Waals surface area contributed by atoms with E-state index in [1.807, 2.05) is 64.1 Å². The molecule has 2 fully saturated rings. The largest absolute Gasteiger partial charge is 0.451 e. The van der Waals surface area contributed by atoms with Crippen molar-refractivity contribution in [2.45, 2.75) is 90.9 Å². The van der Waals surface area contributed by atoms with E-state index >= 15 is 0 Å². The summed E-state index contributed by atoms with van der Waals surface area (Å²) >= 11 is 0. The molecule has 16 heteroatoms. The molecule has 8 heterocycles. The lowest BCUT2D eigenvalue weighted by atomic mass is 9.88. The number of aliphatic hydroxyl groups excluding tert-OH is 2. The topological polar surface area (TPSA) is 201 Å². The van der Waals surface area contributed by atoms with Gasteiger partial charge in [0.1, 0.15) is 12.5 Å². The van der Waals surface area contributed by atoms with Crippen LogP contribution >= 0.6 is 0 Å². The number of likely N-dealkylation sites (tertiary alicyclic amines) is 2. The molecule has 8 atom stereocenters. The number of hydrogen-bond donors (Lipinski definition) is 4. The smallest absolute Gasteiger partial charge is 0.258 e. The first-order chi connectivity index (χ1) is 29.2. The van der Waals surface area contributed by atoms with Crippen molar-refractivity contribution in [3.8, 4) is 0 Å². The van der Waals surface area contributed by atoms with E-state index in [-0.39, 0.29) is 71.9 Å². The molecule has 0 unspecified atom stereocenters. The van der Waals surface area contributed by atoms with Gasteiger partial charge in [-0.1, -0.05) is 38.2 Å². The summed E-state index contributed by atoms with van der Waals surface area (Å²) in [6, 6.07) is 6.33. The molecule has 2 saturated heterocycles. The van der Waals surface area contributed by atoms with Crippen molar-refractivity contribution >= 4 is 24.0 Å². The van der Waals surface area contributed by atoms with Gasteiger partial charge in [-0.25, -0.2) is 9.97 Å². The zero-order chi connectivity index (χ0) is 42.5. The monoisotopic (exact) mass is 824 g/mol. The fourth-order valence-corrected chi connectivity index (χ4v) is 9.93. The summed E-state index contributed by atoms with van der Waals surface area (Å²) in [6.45, 7) is 10.5. The van der Waals surface area contributed by atoms with Crippen LogP contribution in [-0.4, -0.2) is 89.3 Å². The lowest BCUT2D eigenvalue weighted by molar-refractivity contribution is -0.128. The quantitative estimate of drug-likeness (QED) is 0.145. The van der Waals surface area contributed by atoms with Gasteiger partial charge in [-0.2, -0.15) is 0 Å². The summed E-state index contributed by atoms with van der Waals surface area (Å²) in [5.41, 5.74) is 4.40. The second kappa shape index (κ2) is 18.9. The minimum atomic E-state index is -0.493. The van der Waals surface area contributed by atoms with Crippen molar-refractivity contribution in [3.63, 3.8) is 0 Å². The normalized spacial score (nSPS) is 25.6. The lowest BCUT2D eigenvalue weighted by Crippen LogP contribution is -2.48. The van der Waals surface area contributed by atoms with Gasteiger partial charge in [0.15, 0.2) is 12.8 Å². The molecule has 4 N–H and O–H groups in total. The van der Waals surface area contributed by atoms with Gasteiger partial charge < -0.3 is 38.8 Å². The van der Waals surface area contributed by atoms with Crippen LogP contribution in [0.15, 0.2) is 80.2 Å². The maximum atomic E-state index is 13.1. The summed E-state index contributed by atoms with van der Waals surface area (Å²) in [7, 11) is 0. The number of carbonyl (C=O) groups excluding carboxylic acids is 2. The van der Waals surface area contributed by atoms with Crippen LogP contribution < -0.4 is 21.8 Å². The molecule has 0 aromatic carbocycles. The number of carbonyl (C=O) groups is 2. The van der Waals surface area contributed by atoms with Gasteiger partial charge in [-0.3, -0.25) is 29.0 Å². The van der Waals surface area contributed by atoms with E-state index in [0.29, 0.717) is 61.8 Å². The van der Waals surface area contributed by atoms with E-state index in [1.54, 1.807) is 33.8 Å². The summed E-state index contributed by atoms with van der Waals surface area (Å²) in [6.07, 6.45) is 14.9. The van der Waals surface area contributed by atoms with Crippen LogP contribution in [0.2, 0.25) is 0 Å². The van der Waals surface area contributed by atoms with Crippen molar-refractivity contribution in [2.24, 2.45) is 23.7 Å². The number of oxazole rings is 2.